The fraction of sp³-hybridized carbons (Fsp3) is 0.444. The molecule has 0 bridgehead atoms. The summed E-state index contributed by atoms with van der Waals surface area (Å²) >= 11 is 0. The minimum atomic E-state index is -0.252. The van der Waals surface area contributed by atoms with Crippen molar-refractivity contribution < 1.29 is 14.0 Å². The average molecular weight is 327 g/mol. The van der Waals surface area contributed by atoms with Crippen LogP contribution in [0.5, 0.6) is 0 Å². The van der Waals surface area contributed by atoms with Gasteiger partial charge in [0.05, 0.1) is 12.7 Å². The van der Waals surface area contributed by atoms with E-state index in [0.29, 0.717) is 18.3 Å². The Labute approximate surface area is 140 Å². The molecule has 3 amide bonds. The maximum absolute atomic E-state index is 12.4. The monoisotopic (exact) mass is 327 g/mol. The first-order valence-electron chi connectivity index (χ1n) is 8.42. The van der Waals surface area contributed by atoms with E-state index in [1.54, 1.807) is 9.80 Å². The van der Waals surface area contributed by atoms with Crippen molar-refractivity contribution in [2.75, 3.05) is 19.8 Å². The highest BCUT2D eigenvalue weighted by atomic mass is 16.3. The van der Waals surface area contributed by atoms with Crippen LogP contribution in [0.15, 0.2) is 34.7 Å². The van der Waals surface area contributed by atoms with Gasteiger partial charge in [0.25, 0.3) is 0 Å². The van der Waals surface area contributed by atoms with Crippen LogP contribution in [0.4, 0.5) is 4.79 Å². The normalized spacial score (nSPS) is 19.1. The molecule has 1 atom stereocenters. The minimum Gasteiger partial charge on any atom is -0.459 e. The molecular weight excluding hydrogens is 306 g/mol. The van der Waals surface area contributed by atoms with Crippen molar-refractivity contribution in [1.82, 2.24) is 15.1 Å². The molecule has 2 aromatic rings. The Morgan fingerprint density at radius 1 is 1.38 bits per heavy atom. The Morgan fingerprint density at radius 2 is 2.17 bits per heavy atom. The van der Waals surface area contributed by atoms with Crippen LogP contribution in [0, 0.1) is 5.92 Å². The van der Waals surface area contributed by atoms with E-state index in [2.05, 4.69) is 5.32 Å². The van der Waals surface area contributed by atoms with E-state index in [1.165, 1.54) is 12.8 Å². The Kier molecular flexibility index (Phi) is 3.67. The lowest BCUT2D eigenvalue weighted by molar-refractivity contribution is -0.126. The van der Waals surface area contributed by atoms with Crippen LogP contribution >= 0.6 is 0 Å². The number of nitrogens with one attached hydrogen (secondary N) is 1. The van der Waals surface area contributed by atoms with Gasteiger partial charge in [0.2, 0.25) is 5.91 Å². The van der Waals surface area contributed by atoms with Gasteiger partial charge < -0.3 is 14.6 Å². The number of hydrogen-bond acceptors (Lipinski definition) is 3. The maximum atomic E-state index is 12.4. The minimum absolute atomic E-state index is 0.0356. The van der Waals surface area contributed by atoms with Gasteiger partial charge in [0.15, 0.2) is 0 Å². The summed E-state index contributed by atoms with van der Waals surface area (Å²) in [5.41, 5.74) is 0.806. The van der Waals surface area contributed by atoms with Gasteiger partial charge in [0.1, 0.15) is 17.9 Å². The molecule has 1 N–H and O–H groups in total. The number of nitrogens with zero attached hydrogens (tertiary/aromatic N) is 2. The molecule has 4 rings (SSSR count). The van der Waals surface area contributed by atoms with E-state index in [4.69, 9.17) is 4.42 Å². The summed E-state index contributed by atoms with van der Waals surface area (Å²) in [6.45, 7) is 3.20. The molecule has 2 aliphatic rings. The number of para-hydroxylation sites is 1. The van der Waals surface area contributed by atoms with Crippen LogP contribution in [0.2, 0.25) is 0 Å². The molecule has 6 heteroatoms. The highest BCUT2D eigenvalue weighted by molar-refractivity contribution is 5.87. The van der Waals surface area contributed by atoms with Crippen LogP contribution < -0.4 is 5.32 Å². The second-order valence-electron chi connectivity index (χ2n) is 6.76. The molecule has 1 aliphatic heterocycles. The molecule has 24 heavy (non-hydrogen) atoms. The molecule has 0 radical (unpaired) electrons. The molecule has 0 spiro atoms. The quantitative estimate of drug-likeness (QED) is 0.939. The van der Waals surface area contributed by atoms with Gasteiger partial charge in [-0.2, -0.15) is 0 Å². The number of rotatable bonds is 4. The van der Waals surface area contributed by atoms with E-state index < -0.39 is 0 Å². The Morgan fingerprint density at radius 3 is 2.92 bits per heavy atom. The molecule has 1 aromatic carbocycles. The zero-order chi connectivity index (χ0) is 16.7. The first-order valence-corrected chi connectivity index (χ1v) is 8.42. The first kappa shape index (κ1) is 15.1. The second-order valence-corrected chi connectivity index (χ2v) is 6.76. The van der Waals surface area contributed by atoms with E-state index in [1.807, 2.05) is 37.3 Å². The molecule has 126 valence electrons. The van der Waals surface area contributed by atoms with Gasteiger partial charge in [-0.25, -0.2) is 4.79 Å². The van der Waals surface area contributed by atoms with Gasteiger partial charge in [-0.15, -0.1) is 0 Å². The molecule has 6 nitrogen and oxygen atoms in total. The summed E-state index contributed by atoms with van der Waals surface area (Å²) in [6.07, 6.45) is 2.39. The fourth-order valence-corrected chi connectivity index (χ4v) is 3.07. The number of hydrogen-bond donors (Lipinski definition) is 1. The molecule has 1 saturated carbocycles. The topological polar surface area (TPSA) is 65.8 Å². The summed E-state index contributed by atoms with van der Waals surface area (Å²) < 4.78 is 5.79. The predicted octanol–water partition coefficient (Wildman–Crippen LogP) is 2.72. The SMILES string of the molecule is C[C@@H](NC(=O)N1CC(=O)N(CC2CC2)C1)c1cc2ccccc2o1. The number of fused-ring (bicyclic) bond motifs is 1. The first-order chi connectivity index (χ1) is 11.6. The van der Waals surface area contributed by atoms with Gasteiger partial charge in [-0.05, 0) is 37.8 Å². The average Bonchev–Trinajstić information content (AvgIpc) is 3.15. The van der Waals surface area contributed by atoms with Crippen molar-refractivity contribution in [2.24, 2.45) is 5.92 Å². The van der Waals surface area contributed by atoms with Gasteiger partial charge in [0, 0.05) is 11.9 Å². The third kappa shape index (κ3) is 2.96. The molecule has 0 unspecified atom stereocenters. The zero-order valence-electron chi connectivity index (χ0n) is 13.7. The van der Waals surface area contributed by atoms with E-state index in [0.717, 1.165) is 17.5 Å². The van der Waals surface area contributed by atoms with Crippen molar-refractivity contribution in [1.29, 1.82) is 0 Å². The largest absolute Gasteiger partial charge is 0.459 e. The lowest BCUT2D eigenvalue weighted by atomic mass is 10.2. The van der Waals surface area contributed by atoms with Gasteiger partial charge in [-0.1, -0.05) is 18.2 Å². The number of urea groups is 1. The number of benzene rings is 1. The Bertz CT molecular complexity index is 748. The number of amides is 3. The summed E-state index contributed by atoms with van der Waals surface area (Å²) in [7, 11) is 0. The van der Waals surface area contributed by atoms with Crippen molar-refractivity contribution in [3.05, 3.63) is 36.1 Å². The summed E-state index contributed by atoms with van der Waals surface area (Å²) in [6, 6.07) is 9.22. The molecule has 1 saturated heterocycles. The van der Waals surface area contributed by atoms with E-state index in [-0.39, 0.29) is 24.5 Å². The highest BCUT2D eigenvalue weighted by Gasteiger charge is 2.35. The highest BCUT2D eigenvalue weighted by Crippen LogP contribution is 2.30. The predicted molar refractivity (Wildman–Crippen MR) is 89.2 cm³/mol. The van der Waals surface area contributed by atoms with Crippen LogP contribution in [0.1, 0.15) is 31.6 Å². The third-order valence-electron chi connectivity index (χ3n) is 4.69. The van der Waals surface area contributed by atoms with Crippen LogP contribution in [0.3, 0.4) is 0 Å². The summed E-state index contributed by atoms with van der Waals surface area (Å²) in [5.74, 6) is 1.38. The Balaban J connectivity index is 1.39. The maximum Gasteiger partial charge on any atom is 0.319 e. The van der Waals surface area contributed by atoms with E-state index >= 15 is 0 Å². The number of carbonyl (C=O) groups excluding carboxylic acids is 2. The van der Waals surface area contributed by atoms with Crippen LogP contribution in [0.25, 0.3) is 11.0 Å². The molecule has 2 heterocycles. The van der Waals surface area contributed by atoms with Gasteiger partial charge >= 0.3 is 6.03 Å². The van der Waals surface area contributed by atoms with Crippen molar-refractivity contribution >= 4 is 22.9 Å². The van der Waals surface area contributed by atoms with Crippen molar-refractivity contribution in [2.45, 2.75) is 25.8 Å². The van der Waals surface area contributed by atoms with Gasteiger partial charge in [-0.3, -0.25) is 9.69 Å². The fourth-order valence-electron chi connectivity index (χ4n) is 3.07. The summed E-state index contributed by atoms with van der Waals surface area (Å²) in [4.78, 5) is 27.8. The van der Waals surface area contributed by atoms with Crippen molar-refractivity contribution in [3.63, 3.8) is 0 Å². The standard InChI is InChI=1S/C18H21N3O3/c1-12(16-8-14-4-2-3-5-15(14)24-16)19-18(23)21-10-17(22)20(11-21)9-13-6-7-13/h2-5,8,12-13H,6-7,9-11H2,1H3,(H,19,23)/t12-/m1/s1. The number of furan rings is 1. The third-order valence-corrected chi connectivity index (χ3v) is 4.69. The smallest absolute Gasteiger partial charge is 0.319 e. The van der Waals surface area contributed by atoms with Crippen LogP contribution in [-0.2, 0) is 4.79 Å². The summed E-state index contributed by atoms with van der Waals surface area (Å²) in [5, 5.41) is 3.94. The molecular formula is C18H21N3O3. The molecule has 2 fully saturated rings. The number of carbonyl (C=O) groups is 2. The lowest BCUT2D eigenvalue weighted by Crippen LogP contribution is -2.40. The molecule has 1 aromatic heterocycles. The lowest BCUT2D eigenvalue weighted by Gasteiger charge is -2.20. The van der Waals surface area contributed by atoms with Crippen molar-refractivity contribution in [3.8, 4) is 0 Å². The zero-order valence-corrected chi connectivity index (χ0v) is 13.7. The molecule has 1 aliphatic carbocycles. The second kappa shape index (κ2) is 5.85. The van der Waals surface area contributed by atoms with E-state index in [9.17, 15) is 9.59 Å². The van der Waals surface area contributed by atoms with Crippen LogP contribution in [-0.4, -0.2) is 41.5 Å². The Hall–Kier alpha value is -2.50.